The van der Waals surface area contributed by atoms with Gasteiger partial charge in [-0.3, -0.25) is 9.67 Å². The molecule has 0 saturated heterocycles. The Bertz CT molecular complexity index is 941. The summed E-state index contributed by atoms with van der Waals surface area (Å²) < 4.78 is 2.13. The summed E-state index contributed by atoms with van der Waals surface area (Å²) >= 11 is 0. The van der Waals surface area contributed by atoms with Gasteiger partial charge in [0.1, 0.15) is 5.82 Å². The average Bonchev–Trinajstić information content (AvgIpc) is 3.09. The molecule has 0 atom stereocenters. The van der Waals surface area contributed by atoms with Gasteiger partial charge < -0.3 is 4.90 Å². The van der Waals surface area contributed by atoms with E-state index in [9.17, 15) is 0 Å². The minimum Gasteiger partial charge on any atom is -0.352 e. The average molecular weight is 345 g/mol. The Kier molecular flexibility index (Phi) is 3.73. The molecule has 0 amide bonds. The fourth-order valence-corrected chi connectivity index (χ4v) is 3.91. The Hall–Kier alpha value is -2.69. The number of aromatic nitrogens is 4. The van der Waals surface area contributed by atoms with Crippen molar-refractivity contribution in [2.24, 2.45) is 0 Å². The SMILES string of the molecule is Cc1cccnc1N1CCc2ncc(-c3cnn(C4CCC4)c3)cc2C1. The van der Waals surface area contributed by atoms with Crippen molar-refractivity contribution in [2.75, 3.05) is 11.4 Å². The molecule has 0 radical (unpaired) electrons. The largest absolute Gasteiger partial charge is 0.352 e. The number of rotatable bonds is 3. The van der Waals surface area contributed by atoms with Crippen molar-refractivity contribution in [3.05, 3.63) is 59.8 Å². The zero-order chi connectivity index (χ0) is 17.5. The highest BCUT2D eigenvalue weighted by atomic mass is 15.3. The van der Waals surface area contributed by atoms with E-state index in [2.05, 4.69) is 44.9 Å². The van der Waals surface area contributed by atoms with Gasteiger partial charge in [-0.15, -0.1) is 0 Å². The van der Waals surface area contributed by atoms with Crippen molar-refractivity contribution >= 4 is 5.82 Å². The van der Waals surface area contributed by atoms with E-state index in [1.807, 2.05) is 24.7 Å². The first kappa shape index (κ1) is 15.6. The zero-order valence-corrected chi connectivity index (χ0v) is 15.1. The molecule has 3 aromatic rings. The van der Waals surface area contributed by atoms with Crippen LogP contribution >= 0.6 is 0 Å². The third-order valence-electron chi connectivity index (χ3n) is 5.70. The fraction of sp³-hybridized carbons (Fsp3) is 0.381. The second-order valence-corrected chi connectivity index (χ2v) is 7.44. The highest BCUT2D eigenvalue weighted by Gasteiger charge is 2.22. The highest BCUT2D eigenvalue weighted by Crippen LogP contribution is 2.33. The highest BCUT2D eigenvalue weighted by molar-refractivity contribution is 5.62. The summed E-state index contributed by atoms with van der Waals surface area (Å²) in [7, 11) is 0. The van der Waals surface area contributed by atoms with E-state index in [0.717, 1.165) is 30.9 Å². The molecule has 2 aliphatic rings. The summed E-state index contributed by atoms with van der Waals surface area (Å²) in [5, 5.41) is 4.57. The van der Waals surface area contributed by atoms with Gasteiger partial charge in [0.25, 0.3) is 0 Å². The van der Waals surface area contributed by atoms with E-state index in [0.29, 0.717) is 6.04 Å². The molecule has 26 heavy (non-hydrogen) atoms. The van der Waals surface area contributed by atoms with Crippen molar-refractivity contribution in [2.45, 2.75) is 45.2 Å². The molecular weight excluding hydrogens is 322 g/mol. The van der Waals surface area contributed by atoms with Crippen LogP contribution in [0.2, 0.25) is 0 Å². The molecule has 5 nitrogen and oxygen atoms in total. The van der Waals surface area contributed by atoms with Crippen LogP contribution in [0.5, 0.6) is 0 Å². The van der Waals surface area contributed by atoms with Crippen LogP contribution in [0.1, 0.15) is 42.1 Å². The lowest BCUT2D eigenvalue weighted by atomic mass is 9.93. The molecule has 5 rings (SSSR count). The first-order chi connectivity index (χ1) is 12.8. The number of anilines is 1. The standard InChI is InChI=1S/C21H23N5/c1-15-4-3-8-22-21(15)25-9-7-20-17(13-25)10-16(11-23-20)18-12-24-26(14-18)19-5-2-6-19/h3-4,8,10-12,14,19H,2,5-7,9,13H2,1H3. The number of hydrogen-bond acceptors (Lipinski definition) is 4. The van der Waals surface area contributed by atoms with Crippen molar-refractivity contribution in [1.82, 2.24) is 19.7 Å². The lowest BCUT2D eigenvalue weighted by Gasteiger charge is -2.30. The molecule has 1 aliphatic carbocycles. The smallest absolute Gasteiger partial charge is 0.131 e. The van der Waals surface area contributed by atoms with E-state index >= 15 is 0 Å². The summed E-state index contributed by atoms with van der Waals surface area (Å²) in [6.07, 6.45) is 12.8. The van der Waals surface area contributed by atoms with Crippen LogP contribution < -0.4 is 4.90 Å². The Labute approximate surface area is 153 Å². The van der Waals surface area contributed by atoms with Crippen LogP contribution in [0.15, 0.2) is 43.0 Å². The van der Waals surface area contributed by atoms with Crippen molar-refractivity contribution in [1.29, 1.82) is 0 Å². The molecular formula is C21H23N5. The second-order valence-electron chi connectivity index (χ2n) is 7.44. The number of pyridine rings is 2. The van der Waals surface area contributed by atoms with E-state index in [1.165, 1.54) is 41.6 Å². The first-order valence-corrected chi connectivity index (χ1v) is 9.47. The van der Waals surface area contributed by atoms with Crippen molar-refractivity contribution in [3.63, 3.8) is 0 Å². The molecule has 0 spiro atoms. The van der Waals surface area contributed by atoms with Crippen LogP contribution in [0.25, 0.3) is 11.1 Å². The fourth-order valence-electron chi connectivity index (χ4n) is 3.91. The summed E-state index contributed by atoms with van der Waals surface area (Å²) in [6, 6.07) is 7.00. The van der Waals surface area contributed by atoms with Gasteiger partial charge in [-0.2, -0.15) is 5.10 Å². The van der Waals surface area contributed by atoms with Gasteiger partial charge in [0.05, 0.1) is 12.2 Å². The second kappa shape index (κ2) is 6.24. The van der Waals surface area contributed by atoms with Gasteiger partial charge in [0.15, 0.2) is 0 Å². The van der Waals surface area contributed by atoms with Gasteiger partial charge >= 0.3 is 0 Å². The van der Waals surface area contributed by atoms with Crippen molar-refractivity contribution in [3.8, 4) is 11.1 Å². The van der Waals surface area contributed by atoms with Gasteiger partial charge in [0, 0.05) is 54.9 Å². The Morgan fingerprint density at radius 3 is 2.85 bits per heavy atom. The van der Waals surface area contributed by atoms with Crippen LogP contribution in [0.3, 0.4) is 0 Å². The monoisotopic (exact) mass is 345 g/mol. The molecule has 0 aromatic carbocycles. The van der Waals surface area contributed by atoms with Gasteiger partial charge in [-0.25, -0.2) is 4.98 Å². The molecule has 132 valence electrons. The summed E-state index contributed by atoms with van der Waals surface area (Å²) in [5.41, 5.74) is 6.06. The molecule has 0 N–H and O–H groups in total. The quantitative estimate of drug-likeness (QED) is 0.721. The molecule has 0 unspecified atom stereocenters. The number of aryl methyl sites for hydroxylation is 1. The van der Waals surface area contributed by atoms with E-state index < -0.39 is 0 Å². The van der Waals surface area contributed by atoms with Crippen molar-refractivity contribution < 1.29 is 0 Å². The van der Waals surface area contributed by atoms with Gasteiger partial charge in [-0.05, 0) is 49.4 Å². The number of hydrogen-bond donors (Lipinski definition) is 0. The Balaban J connectivity index is 1.43. The van der Waals surface area contributed by atoms with Gasteiger partial charge in [0.2, 0.25) is 0 Å². The third-order valence-corrected chi connectivity index (χ3v) is 5.70. The lowest BCUT2D eigenvalue weighted by Crippen LogP contribution is -2.32. The predicted molar refractivity (Wildman–Crippen MR) is 102 cm³/mol. The minimum atomic E-state index is 0.594. The molecule has 1 aliphatic heterocycles. The minimum absolute atomic E-state index is 0.594. The van der Waals surface area contributed by atoms with E-state index in [4.69, 9.17) is 4.98 Å². The predicted octanol–water partition coefficient (Wildman–Crippen LogP) is 3.94. The first-order valence-electron chi connectivity index (χ1n) is 9.47. The third kappa shape index (κ3) is 2.68. The number of nitrogens with zero attached hydrogens (tertiary/aromatic N) is 5. The normalized spacial score (nSPS) is 17.0. The van der Waals surface area contributed by atoms with Crippen LogP contribution in [0.4, 0.5) is 5.82 Å². The zero-order valence-electron chi connectivity index (χ0n) is 15.1. The molecule has 3 aromatic heterocycles. The molecule has 1 saturated carbocycles. The maximum absolute atomic E-state index is 4.75. The maximum Gasteiger partial charge on any atom is 0.131 e. The van der Waals surface area contributed by atoms with Crippen LogP contribution in [-0.4, -0.2) is 26.3 Å². The van der Waals surface area contributed by atoms with Crippen LogP contribution in [-0.2, 0) is 13.0 Å². The molecule has 1 fully saturated rings. The number of fused-ring (bicyclic) bond motifs is 1. The topological polar surface area (TPSA) is 46.8 Å². The van der Waals surface area contributed by atoms with Crippen LogP contribution in [0, 0.1) is 6.92 Å². The molecule has 0 bridgehead atoms. The summed E-state index contributed by atoms with van der Waals surface area (Å²) in [5.74, 6) is 1.08. The molecule has 5 heteroatoms. The Morgan fingerprint density at radius 2 is 2.04 bits per heavy atom. The lowest BCUT2D eigenvalue weighted by molar-refractivity contribution is 0.289. The van der Waals surface area contributed by atoms with E-state index in [-0.39, 0.29) is 0 Å². The summed E-state index contributed by atoms with van der Waals surface area (Å²) in [6.45, 7) is 3.96. The molecule has 4 heterocycles. The van der Waals surface area contributed by atoms with E-state index in [1.54, 1.807) is 0 Å². The van der Waals surface area contributed by atoms with Gasteiger partial charge in [-0.1, -0.05) is 6.07 Å². The summed E-state index contributed by atoms with van der Waals surface area (Å²) in [4.78, 5) is 11.7. The Morgan fingerprint density at radius 1 is 1.12 bits per heavy atom. The maximum atomic E-state index is 4.75.